The predicted molar refractivity (Wildman–Crippen MR) is 70.1 cm³/mol. The summed E-state index contributed by atoms with van der Waals surface area (Å²) in [7, 11) is 0. The van der Waals surface area contributed by atoms with E-state index in [0.29, 0.717) is 24.6 Å². The van der Waals surface area contributed by atoms with Gasteiger partial charge in [0.05, 0.1) is 0 Å². The fraction of sp³-hybridized carbons (Fsp3) is 0.250. The number of carbonyl (C=O) groups excluding carboxylic acids is 1. The maximum Gasteiger partial charge on any atom is 0.227 e. The minimum atomic E-state index is -0.0797. The monoisotopic (exact) mass is 309 g/mol. The molecule has 0 saturated carbocycles. The van der Waals surface area contributed by atoms with E-state index in [2.05, 4.69) is 31.4 Å². The molecule has 1 heterocycles. The molecule has 0 fully saturated rings. The second-order valence-corrected chi connectivity index (χ2v) is 4.71. The van der Waals surface area contributed by atoms with Crippen LogP contribution in [0.3, 0.4) is 0 Å². The second-order valence-electron chi connectivity index (χ2n) is 3.79. The molecule has 0 aliphatic rings. The molecule has 18 heavy (non-hydrogen) atoms. The van der Waals surface area contributed by atoms with Gasteiger partial charge in [0.15, 0.2) is 5.82 Å². The number of hydrogen-bond acceptors (Lipinski definition) is 4. The molecule has 1 aromatic carbocycles. The SMILES string of the molecule is Cc1noc(CCC(=O)Nc2cccc(Br)c2)n1. The number of benzene rings is 1. The van der Waals surface area contributed by atoms with Crippen molar-refractivity contribution in [2.45, 2.75) is 19.8 Å². The first kappa shape index (κ1) is 12.8. The third-order valence-corrected chi connectivity index (χ3v) is 2.74. The average molecular weight is 310 g/mol. The van der Waals surface area contributed by atoms with E-state index in [4.69, 9.17) is 4.52 Å². The van der Waals surface area contributed by atoms with E-state index in [1.54, 1.807) is 6.92 Å². The first-order valence-electron chi connectivity index (χ1n) is 5.48. The lowest BCUT2D eigenvalue weighted by Gasteiger charge is -2.04. The van der Waals surface area contributed by atoms with Crippen molar-refractivity contribution < 1.29 is 9.32 Å². The minimum Gasteiger partial charge on any atom is -0.339 e. The molecule has 0 bridgehead atoms. The molecule has 6 heteroatoms. The molecule has 2 aromatic rings. The summed E-state index contributed by atoms with van der Waals surface area (Å²) in [5, 5.41) is 6.47. The van der Waals surface area contributed by atoms with Crippen LogP contribution in [0, 0.1) is 6.92 Å². The molecule has 1 aromatic heterocycles. The number of carbonyl (C=O) groups is 1. The molecule has 0 saturated heterocycles. The summed E-state index contributed by atoms with van der Waals surface area (Å²) in [6.07, 6.45) is 0.759. The Bertz CT molecular complexity index is 554. The number of rotatable bonds is 4. The van der Waals surface area contributed by atoms with Gasteiger partial charge in [-0.05, 0) is 25.1 Å². The van der Waals surface area contributed by atoms with Crippen molar-refractivity contribution in [2.75, 3.05) is 5.32 Å². The Morgan fingerprint density at radius 2 is 2.33 bits per heavy atom. The van der Waals surface area contributed by atoms with Gasteiger partial charge in [-0.1, -0.05) is 27.2 Å². The zero-order valence-corrected chi connectivity index (χ0v) is 11.4. The highest BCUT2D eigenvalue weighted by atomic mass is 79.9. The van der Waals surface area contributed by atoms with Crippen molar-refractivity contribution >= 4 is 27.5 Å². The van der Waals surface area contributed by atoms with Crippen molar-refractivity contribution in [3.8, 4) is 0 Å². The van der Waals surface area contributed by atoms with E-state index in [1.807, 2.05) is 24.3 Å². The van der Waals surface area contributed by atoms with Crippen LogP contribution < -0.4 is 5.32 Å². The normalized spacial score (nSPS) is 10.3. The predicted octanol–water partition coefficient (Wildman–Crippen LogP) is 2.71. The van der Waals surface area contributed by atoms with Crippen LogP contribution >= 0.6 is 15.9 Å². The summed E-state index contributed by atoms with van der Waals surface area (Å²) in [5.74, 6) is 0.984. The van der Waals surface area contributed by atoms with E-state index in [9.17, 15) is 4.79 Å². The zero-order valence-electron chi connectivity index (χ0n) is 9.81. The Morgan fingerprint density at radius 3 is 3.00 bits per heavy atom. The highest BCUT2D eigenvalue weighted by Gasteiger charge is 2.07. The van der Waals surface area contributed by atoms with Crippen LogP contribution in [0.5, 0.6) is 0 Å². The van der Waals surface area contributed by atoms with Gasteiger partial charge in [-0.25, -0.2) is 0 Å². The Labute approximate surface area is 113 Å². The smallest absolute Gasteiger partial charge is 0.227 e. The molecule has 94 valence electrons. The fourth-order valence-electron chi connectivity index (χ4n) is 1.45. The van der Waals surface area contributed by atoms with Crippen molar-refractivity contribution in [1.82, 2.24) is 10.1 Å². The van der Waals surface area contributed by atoms with Crippen LogP contribution in [0.25, 0.3) is 0 Å². The summed E-state index contributed by atoms with van der Waals surface area (Å²) in [6.45, 7) is 1.74. The van der Waals surface area contributed by atoms with Crippen LogP contribution in [0.15, 0.2) is 33.3 Å². The number of aryl methyl sites for hydroxylation is 2. The molecule has 0 spiro atoms. The van der Waals surface area contributed by atoms with E-state index in [-0.39, 0.29) is 5.91 Å². The molecular weight excluding hydrogens is 298 g/mol. The van der Waals surface area contributed by atoms with Crippen LogP contribution in [0.2, 0.25) is 0 Å². The number of anilines is 1. The first-order chi connectivity index (χ1) is 8.63. The molecule has 0 atom stereocenters. The van der Waals surface area contributed by atoms with E-state index in [1.165, 1.54) is 0 Å². The first-order valence-corrected chi connectivity index (χ1v) is 6.27. The number of hydrogen-bond donors (Lipinski definition) is 1. The van der Waals surface area contributed by atoms with Gasteiger partial charge >= 0.3 is 0 Å². The van der Waals surface area contributed by atoms with Crippen molar-refractivity contribution in [3.63, 3.8) is 0 Å². The Hall–Kier alpha value is -1.69. The quantitative estimate of drug-likeness (QED) is 0.943. The largest absolute Gasteiger partial charge is 0.339 e. The molecule has 1 N–H and O–H groups in total. The van der Waals surface area contributed by atoms with Gasteiger partial charge in [-0.3, -0.25) is 4.79 Å². The summed E-state index contributed by atoms with van der Waals surface area (Å²) in [6, 6.07) is 7.44. The second kappa shape index (κ2) is 5.77. The molecule has 0 aliphatic heterocycles. The fourth-order valence-corrected chi connectivity index (χ4v) is 1.85. The van der Waals surface area contributed by atoms with Gasteiger partial charge in [0, 0.05) is 23.0 Å². The van der Waals surface area contributed by atoms with Gasteiger partial charge < -0.3 is 9.84 Å². The van der Waals surface area contributed by atoms with Gasteiger partial charge in [0.25, 0.3) is 0 Å². The van der Waals surface area contributed by atoms with Gasteiger partial charge in [-0.15, -0.1) is 0 Å². The van der Waals surface area contributed by atoms with E-state index < -0.39 is 0 Å². The van der Waals surface area contributed by atoms with Crippen LogP contribution in [-0.4, -0.2) is 16.0 Å². The highest BCUT2D eigenvalue weighted by molar-refractivity contribution is 9.10. The third-order valence-electron chi connectivity index (χ3n) is 2.24. The number of nitrogens with zero attached hydrogens (tertiary/aromatic N) is 2. The van der Waals surface area contributed by atoms with Crippen LogP contribution in [0.4, 0.5) is 5.69 Å². The van der Waals surface area contributed by atoms with Crippen LogP contribution in [0.1, 0.15) is 18.1 Å². The van der Waals surface area contributed by atoms with Gasteiger partial charge in [0.2, 0.25) is 11.8 Å². The minimum absolute atomic E-state index is 0.0797. The summed E-state index contributed by atoms with van der Waals surface area (Å²) in [4.78, 5) is 15.7. The lowest BCUT2D eigenvalue weighted by molar-refractivity contribution is -0.116. The number of aromatic nitrogens is 2. The van der Waals surface area contributed by atoms with Gasteiger partial charge in [0.1, 0.15) is 0 Å². The van der Waals surface area contributed by atoms with Crippen molar-refractivity contribution in [1.29, 1.82) is 0 Å². The number of halogens is 1. The molecule has 0 radical (unpaired) electrons. The number of nitrogens with one attached hydrogen (secondary N) is 1. The summed E-state index contributed by atoms with van der Waals surface area (Å²) in [5.41, 5.74) is 0.760. The maximum atomic E-state index is 11.7. The topological polar surface area (TPSA) is 68.0 Å². The third kappa shape index (κ3) is 3.66. The van der Waals surface area contributed by atoms with Crippen LogP contribution in [-0.2, 0) is 11.2 Å². The highest BCUT2D eigenvalue weighted by Crippen LogP contribution is 2.15. The standard InChI is InChI=1S/C12H12BrN3O2/c1-8-14-12(18-16-8)6-5-11(17)15-10-4-2-3-9(13)7-10/h2-4,7H,5-6H2,1H3,(H,15,17). The molecule has 0 aliphatic carbocycles. The van der Waals surface area contributed by atoms with Crippen molar-refractivity contribution in [3.05, 3.63) is 40.5 Å². The number of amides is 1. The summed E-state index contributed by atoms with van der Waals surface area (Å²) < 4.78 is 5.86. The molecule has 2 rings (SSSR count). The Balaban J connectivity index is 1.85. The Morgan fingerprint density at radius 1 is 1.50 bits per heavy atom. The molecule has 0 unspecified atom stereocenters. The average Bonchev–Trinajstić information content (AvgIpc) is 2.73. The lowest BCUT2D eigenvalue weighted by atomic mass is 10.2. The van der Waals surface area contributed by atoms with Crippen molar-refractivity contribution in [2.24, 2.45) is 0 Å². The molecular formula is C12H12BrN3O2. The van der Waals surface area contributed by atoms with E-state index in [0.717, 1.165) is 10.2 Å². The Kier molecular flexibility index (Phi) is 4.09. The van der Waals surface area contributed by atoms with E-state index >= 15 is 0 Å². The maximum absolute atomic E-state index is 11.7. The molecule has 1 amide bonds. The lowest BCUT2D eigenvalue weighted by Crippen LogP contribution is -2.12. The zero-order chi connectivity index (χ0) is 13.0. The molecule has 5 nitrogen and oxygen atoms in total. The summed E-state index contributed by atoms with van der Waals surface area (Å²) >= 11 is 3.35. The van der Waals surface area contributed by atoms with Gasteiger partial charge in [-0.2, -0.15) is 4.98 Å².